The summed E-state index contributed by atoms with van der Waals surface area (Å²) >= 11 is 9.12. The first-order valence-electron chi connectivity index (χ1n) is 4.88. The lowest BCUT2D eigenvalue weighted by Crippen LogP contribution is -1.99. The summed E-state index contributed by atoms with van der Waals surface area (Å²) in [5.41, 5.74) is -0.0717. The van der Waals surface area contributed by atoms with Crippen LogP contribution in [0.4, 0.5) is 0 Å². The highest BCUT2D eigenvalue weighted by molar-refractivity contribution is 9.10. The standard InChI is InChI=1S/C12H7BrClNO3/c13-9-5-7(14)1-2-11(9)18-8-3-4-15-10(6-8)12(16)17/h1-6H,(H,16,17). The quantitative estimate of drug-likeness (QED) is 0.925. The minimum absolute atomic E-state index is 0.0717. The molecule has 6 heteroatoms. The van der Waals surface area contributed by atoms with E-state index in [9.17, 15) is 4.79 Å². The maximum Gasteiger partial charge on any atom is 0.354 e. The fourth-order valence-electron chi connectivity index (χ4n) is 1.28. The zero-order valence-electron chi connectivity index (χ0n) is 8.93. The highest BCUT2D eigenvalue weighted by Crippen LogP contribution is 2.31. The molecule has 0 spiro atoms. The molecule has 2 aromatic rings. The van der Waals surface area contributed by atoms with Crippen LogP contribution in [-0.4, -0.2) is 16.1 Å². The van der Waals surface area contributed by atoms with E-state index in [1.54, 1.807) is 24.3 Å². The number of nitrogens with zero attached hydrogens (tertiary/aromatic N) is 1. The highest BCUT2D eigenvalue weighted by atomic mass is 79.9. The number of halogens is 2. The van der Waals surface area contributed by atoms with Crippen LogP contribution in [0, 0.1) is 0 Å². The molecule has 0 amide bonds. The Bertz CT molecular complexity index is 604. The Balaban J connectivity index is 2.28. The number of ether oxygens (including phenoxy) is 1. The molecule has 18 heavy (non-hydrogen) atoms. The van der Waals surface area contributed by atoms with Gasteiger partial charge in [-0.2, -0.15) is 0 Å². The molecule has 92 valence electrons. The number of rotatable bonds is 3. The number of benzene rings is 1. The largest absolute Gasteiger partial charge is 0.477 e. The van der Waals surface area contributed by atoms with E-state index >= 15 is 0 Å². The van der Waals surface area contributed by atoms with Crippen LogP contribution < -0.4 is 4.74 Å². The van der Waals surface area contributed by atoms with Crippen molar-refractivity contribution in [3.8, 4) is 11.5 Å². The van der Waals surface area contributed by atoms with Gasteiger partial charge in [-0.25, -0.2) is 9.78 Å². The van der Waals surface area contributed by atoms with E-state index in [-0.39, 0.29) is 5.69 Å². The molecule has 0 saturated heterocycles. The Kier molecular flexibility index (Phi) is 3.84. The van der Waals surface area contributed by atoms with Crippen molar-refractivity contribution in [3.05, 3.63) is 51.7 Å². The summed E-state index contributed by atoms with van der Waals surface area (Å²) in [4.78, 5) is 14.5. The van der Waals surface area contributed by atoms with E-state index < -0.39 is 5.97 Å². The Hall–Kier alpha value is -1.59. The second kappa shape index (κ2) is 5.37. The van der Waals surface area contributed by atoms with Crippen molar-refractivity contribution < 1.29 is 14.6 Å². The van der Waals surface area contributed by atoms with Crippen LogP contribution in [0.2, 0.25) is 5.02 Å². The summed E-state index contributed by atoms with van der Waals surface area (Å²) in [5, 5.41) is 9.40. The average Bonchev–Trinajstić information content (AvgIpc) is 2.33. The van der Waals surface area contributed by atoms with Crippen LogP contribution in [0.25, 0.3) is 0 Å². The van der Waals surface area contributed by atoms with Gasteiger partial charge in [-0.3, -0.25) is 0 Å². The van der Waals surface area contributed by atoms with Crippen molar-refractivity contribution in [3.63, 3.8) is 0 Å². The van der Waals surface area contributed by atoms with Crippen LogP contribution >= 0.6 is 27.5 Å². The summed E-state index contributed by atoms with van der Waals surface area (Å²) in [5.74, 6) is -0.164. The number of pyridine rings is 1. The third kappa shape index (κ3) is 3.00. The fourth-order valence-corrected chi connectivity index (χ4v) is 2.04. The molecular formula is C12H7BrClNO3. The van der Waals surface area contributed by atoms with E-state index in [2.05, 4.69) is 20.9 Å². The monoisotopic (exact) mass is 327 g/mol. The molecule has 0 bridgehead atoms. The molecular weight excluding hydrogens is 321 g/mol. The molecule has 0 unspecified atom stereocenters. The molecule has 0 aliphatic heterocycles. The van der Waals surface area contributed by atoms with Crippen LogP contribution in [0.3, 0.4) is 0 Å². The normalized spacial score (nSPS) is 10.1. The van der Waals surface area contributed by atoms with Gasteiger partial charge in [0.05, 0.1) is 4.47 Å². The Labute approximate surface area is 116 Å². The Morgan fingerprint density at radius 2 is 2.11 bits per heavy atom. The van der Waals surface area contributed by atoms with Crippen molar-refractivity contribution in [2.24, 2.45) is 0 Å². The molecule has 1 N–H and O–H groups in total. The predicted molar refractivity (Wildman–Crippen MR) is 70.4 cm³/mol. The Morgan fingerprint density at radius 1 is 1.33 bits per heavy atom. The average molecular weight is 329 g/mol. The molecule has 0 saturated carbocycles. The lowest BCUT2D eigenvalue weighted by atomic mass is 10.3. The molecule has 0 aliphatic carbocycles. The van der Waals surface area contributed by atoms with Crippen molar-refractivity contribution in [2.45, 2.75) is 0 Å². The van der Waals surface area contributed by atoms with Gasteiger partial charge in [0.2, 0.25) is 0 Å². The molecule has 2 rings (SSSR count). The third-order valence-electron chi connectivity index (χ3n) is 2.07. The van der Waals surface area contributed by atoms with Crippen molar-refractivity contribution in [2.75, 3.05) is 0 Å². The maximum absolute atomic E-state index is 10.8. The van der Waals surface area contributed by atoms with Crippen LogP contribution in [0.5, 0.6) is 11.5 Å². The van der Waals surface area contributed by atoms with E-state index in [1.165, 1.54) is 12.3 Å². The van der Waals surface area contributed by atoms with Gasteiger partial charge in [-0.1, -0.05) is 11.6 Å². The number of carboxylic acid groups (broad SMARTS) is 1. The summed E-state index contributed by atoms with van der Waals surface area (Å²) < 4.78 is 6.23. The molecule has 0 aliphatic rings. The van der Waals surface area contributed by atoms with E-state index in [4.69, 9.17) is 21.4 Å². The van der Waals surface area contributed by atoms with Crippen molar-refractivity contribution >= 4 is 33.5 Å². The number of hydrogen-bond acceptors (Lipinski definition) is 3. The van der Waals surface area contributed by atoms with E-state index in [0.717, 1.165) is 0 Å². The summed E-state index contributed by atoms with van der Waals surface area (Å²) in [6, 6.07) is 7.99. The van der Waals surface area contributed by atoms with Gasteiger partial charge in [0.25, 0.3) is 0 Å². The molecule has 1 heterocycles. The molecule has 1 aromatic carbocycles. The van der Waals surface area contributed by atoms with Gasteiger partial charge in [-0.15, -0.1) is 0 Å². The first-order valence-corrected chi connectivity index (χ1v) is 6.05. The second-order valence-corrected chi connectivity index (χ2v) is 4.65. The van der Waals surface area contributed by atoms with Gasteiger partial charge in [-0.05, 0) is 40.2 Å². The predicted octanol–water partition coefficient (Wildman–Crippen LogP) is 3.99. The molecule has 0 radical (unpaired) electrons. The third-order valence-corrected chi connectivity index (χ3v) is 2.93. The van der Waals surface area contributed by atoms with Crippen LogP contribution in [0.15, 0.2) is 41.0 Å². The number of aromatic carboxylic acids is 1. The van der Waals surface area contributed by atoms with Crippen molar-refractivity contribution in [1.82, 2.24) is 4.98 Å². The number of hydrogen-bond donors (Lipinski definition) is 1. The lowest BCUT2D eigenvalue weighted by molar-refractivity contribution is 0.0690. The minimum Gasteiger partial charge on any atom is -0.477 e. The van der Waals surface area contributed by atoms with E-state index in [0.29, 0.717) is 21.0 Å². The minimum atomic E-state index is -1.10. The molecule has 0 fully saturated rings. The number of aromatic nitrogens is 1. The summed E-state index contributed by atoms with van der Waals surface area (Å²) in [7, 11) is 0. The second-order valence-electron chi connectivity index (χ2n) is 3.36. The van der Waals surface area contributed by atoms with Gasteiger partial charge < -0.3 is 9.84 Å². The fraction of sp³-hybridized carbons (Fsp3) is 0. The number of carbonyl (C=O) groups is 1. The van der Waals surface area contributed by atoms with Gasteiger partial charge in [0, 0.05) is 17.3 Å². The van der Waals surface area contributed by atoms with Gasteiger partial charge in [0.15, 0.2) is 5.69 Å². The SMILES string of the molecule is O=C(O)c1cc(Oc2ccc(Cl)cc2Br)ccn1. The maximum atomic E-state index is 10.8. The van der Waals surface area contributed by atoms with Gasteiger partial charge >= 0.3 is 5.97 Å². The van der Waals surface area contributed by atoms with Crippen LogP contribution in [0.1, 0.15) is 10.5 Å². The molecule has 4 nitrogen and oxygen atoms in total. The summed E-state index contributed by atoms with van der Waals surface area (Å²) in [6.07, 6.45) is 1.38. The van der Waals surface area contributed by atoms with Crippen molar-refractivity contribution in [1.29, 1.82) is 0 Å². The summed E-state index contributed by atoms with van der Waals surface area (Å²) in [6.45, 7) is 0. The molecule has 1 aromatic heterocycles. The first-order chi connectivity index (χ1) is 8.56. The van der Waals surface area contributed by atoms with E-state index in [1.807, 2.05) is 0 Å². The molecule has 0 atom stereocenters. The zero-order chi connectivity index (χ0) is 13.1. The number of carboxylic acids is 1. The van der Waals surface area contributed by atoms with Gasteiger partial charge in [0.1, 0.15) is 11.5 Å². The van der Waals surface area contributed by atoms with Crippen LogP contribution in [-0.2, 0) is 0 Å². The topological polar surface area (TPSA) is 59.4 Å². The highest BCUT2D eigenvalue weighted by Gasteiger charge is 2.08. The smallest absolute Gasteiger partial charge is 0.354 e. The lowest BCUT2D eigenvalue weighted by Gasteiger charge is -2.08. The first kappa shape index (κ1) is 12.9. The zero-order valence-corrected chi connectivity index (χ0v) is 11.3. The Morgan fingerprint density at radius 3 is 2.78 bits per heavy atom.